The molecule has 0 unspecified atom stereocenters. The molecule has 0 heterocycles. The molecule has 0 saturated carbocycles. The molecule has 10 heavy (non-hydrogen) atoms. The molecule has 0 amide bonds. The van der Waals surface area contributed by atoms with E-state index in [2.05, 4.69) is 0 Å². The largest absolute Gasteiger partial charge is 0.107 e. The van der Waals surface area contributed by atoms with E-state index in [0.29, 0.717) is 0 Å². The summed E-state index contributed by atoms with van der Waals surface area (Å²) in [5, 5.41) is 1.10. The first-order valence-electron chi connectivity index (χ1n) is 2.86. The Kier molecular flexibility index (Phi) is 5.45. The topological polar surface area (TPSA) is 0 Å². The molecule has 0 nitrogen and oxygen atoms in total. The molecule has 0 fully saturated rings. The Labute approximate surface area is 86.9 Å². The molecular formula is C7H7FIZn. The van der Waals surface area contributed by atoms with Crippen LogP contribution >= 0.6 is 24.0 Å². The predicted molar refractivity (Wildman–Crippen MR) is 45.5 cm³/mol. The van der Waals surface area contributed by atoms with Crippen molar-refractivity contribution in [2.24, 2.45) is 0 Å². The molecule has 51 valence electrons. The van der Waals surface area contributed by atoms with Crippen LogP contribution in [0.5, 0.6) is 0 Å². The monoisotopic (exact) mass is 301 g/mol. The molecule has 0 N–H and O–H groups in total. The average Bonchev–Trinajstić information content (AvgIpc) is 1.90. The van der Waals surface area contributed by atoms with Crippen molar-refractivity contribution < 1.29 is 22.7 Å². The van der Waals surface area contributed by atoms with Gasteiger partial charge in [0.05, 0.1) is 0 Å². The van der Waals surface area contributed by atoms with E-state index in [4.69, 9.17) is 0 Å². The Morgan fingerprint density at radius 3 is 2.10 bits per heavy atom. The Morgan fingerprint density at radius 1 is 1.20 bits per heavy atom. The van der Waals surface area contributed by atoms with E-state index in [1.54, 1.807) is 0 Å². The Morgan fingerprint density at radius 2 is 1.70 bits per heavy atom. The molecule has 0 saturated heterocycles. The van der Waals surface area contributed by atoms with Gasteiger partial charge in [0.2, 0.25) is 0 Å². The van der Waals surface area contributed by atoms with Gasteiger partial charge in [-0.3, -0.25) is 0 Å². The van der Waals surface area contributed by atoms with Gasteiger partial charge in [0, 0.05) is 0 Å². The van der Waals surface area contributed by atoms with Crippen molar-refractivity contribution in [2.75, 3.05) is 0 Å². The van der Waals surface area contributed by atoms with Gasteiger partial charge in [-0.05, 0) is 0 Å². The number of rotatable bonds is 1. The third-order valence-corrected chi connectivity index (χ3v) is 2.41. The number of halogens is 2. The molecule has 1 aromatic carbocycles. The van der Waals surface area contributed by atoms with Crippen molar-refractivity contribution >= 4 is 24.0 Å². The van der Waals surface area contributed by atoms with Crippen molar-refractivity contribution in [1.82, 2.24) is 0 Å². The second-order valence-electron chi connectivity index (χ2n) is 1.88. The first-order valence-corrected chi connectivity index (χ1v) is 4.96. The van der Waals surface area contributed by atoms with Gasteiger partial charge in [-0.25, -0.2) is 0 Å². The number of hydrogen-bond donors (Lipinski definition) is 0. The van der Waals surface area contributed by atoms with Crippen molar-refractivity contribution in [3.63, 3.8) is 0 Å². The zero-order valence-corrected chi connectivity index (χ0v) is 10.8. The van der Waals surface area contributed by atoms with E-state index in [-0.39, 0.29) is 29.8 Å². The molecule has 1 aromatic rings. The summed E-state index contributed by atoms with van der Waals surface area (Å²) in [6.45, 7) is 0. The summed E-state index contributed by atoms with van der Waals surface area (Å²) in [6, 6.07) is 6.67. The molecule has 0 aliphatic rings. The van der Waals surface area contributed by atoms with Crippen molar-refractivity contribution in [3.8, 4) is 0 Å². The SMILES string of the molecule is Fc1ccc([CH2][Zn])cc1.I. The first kappa shape index (κ1) is 10.5. The third kappa shape index (κ3) is 3.06. The third-order valence-electron chi connectivity index (χ3n) is 1.20. The summed E-state index contributed by atoms with van der Waals surface area (Å²) in [6.07, 6.45) is 0. The van der Waals surface area contributed by atoms with Crippen LogP contribution in [0.4, 0.5) is 4.39 Å². The minimum atomic E-state index is -0.146. The van der Waals surface area contributed by atoms with Gasteiger partial charge in [-0.15, -0.1) is 24.0 Å². The number of benzene rings is 1. The molecule has 0 radical (unpaired) electrons. The maximum absolute atomic E-state index is 12.2. The maximum atomic E-state index is 12.2. The minimum absolute atomic E-state index is 0. The molecule has 0 atom stereocenters. The van der Waals surface area contributed by atoms with Gasteiger partial charge in [0.1, 0.15) is 0 Å². The Balaban J connectivity index is 0.000000810. The van der Waals surface area contributed by atoms with Crippen LogP contribution in [0.1, 0.15) is 5.56 Å². The van der Waals surface area contributed by atoms with Crippen LogP contribution in [0.25, 0.3) is 0 Å². The van der Waals surface area contributed by atoms with E-state index in [9.17, 15) is 4.39 Å². The molecule has 0 aliphatic heterocycles. The van der Waals surface area contributed by atoms with Gasteiger partial charge in [0.15, 0.2) is 0 Å². The Hall–Kier alpha value is 0.503. The van der Waals surface area contributed by atoms with Crippen LogP contribution in [0, 0.1) is 5.82 Å². The number of hydrogen-bond acceptors (Lipinski definition) is 0. The average molecular weight is 302 g/mol. The van der Waals surface area contributed by atoms with Crippen molar-refractivity contribution in [3.05, 3.63) is 35.6 Å². The van der Waals surface area contributed by atoms with Crippen LogP contribution in [0.3, 0.4) is 0 Å². The van der Waals surface area contributed by atoms with Gasteiger partial charge >= 0.3 is 63.4 Å². The standard InChI is InChI=1S/C7H6F.HI.Zn/c1-6-2-4-7(8)5-3-6;;/h2-5H,1H2;1H;. The van der Waals surface area contributed by atoms with Crippen LogP contribution in [0.2, 0.25) is 0 Å². The summed E-state index contributed by atoms with van der Waals surface area (Å²) in [5.41, 5.74) is 1.23. The quantitative estimate of drug-likeness (QED) is 0.552. The van der Waals surface area contributed by atoms with Gasteiger partial charge in [0.25, 0.3) is 0 Å². The van der Waals surface area contributed by atoms with E-state index in [0.717, 1.165) is 5.02 Å². The summed E-state index contributed by atoms with van der Waals surface area (Å²) >= 11 is 1.24. The summed E-state index contributed by atoms with van der Waals surface area (Å²) in [4.78, 5) is 0. The van der Waals surface area contributed by atoms with E-state index >= 15 is 0 Å². The molecule has 1 rings (SSSR count). The molecule has 0 bridgehead atoms. The molecule has 0 spiro atoms. The fraction of sp³-hybridized carbons (Fsp3) is 0.143. The van der Waals surface area contributed by atoms with Crippen LogP contribution < -0.4 is 0 Å². The zero-order valence-electron chi connectivity index (χ0n) is 5.51. The van der Waals surface area contributed by atoms with Gasteiger partial charge < -0.3 is 0 Å². The first-order chi connectivity index (χ1) is 4.33. The summed E-state index contributed by atoms with van der Waals surface area (Å²) in [5.74, 6) is -0.146. The van der Waals surface area contributed by atoms with Gasteiger partial charge in [-0.1, -0.05) is 0 Å². The Bertz CT molecular complexity index is 185. The predicted octanol–water partition coefficient (Wildman–Crippen LogP) is 2.49. The second kappa shape index (κ2) is 5.19. The summed E-state index contributed by atoms with van der Waals surface area (Å²) < 4.78 is 12.2. The van der Waals surface area contributed by atoms with E-state index in [1.165, 1.54) is 36.0 Å². The molecule has 3 heteroatoms. The fourth-order valence-corrected chi connectivity index (χ4v) is 1.35. The maximum Gasteiger partial charge on any atom is -0.107 e. The molecular weight excluding hydrogens is 295 g/mol. The van der Waals surface area contributed by atoms with Crippen LogP contribution in [-0.4, -0.2) is 0 Å². The minimum Gasteiger partial charge on any atom is -0.107 e. The van der Waals surface area contributed by atoms with Crippen molar-refractivity contribution in [1.29, 1.82) is 0 Å². The van der Waals surface area contributed by atoms with E-state index < -0.39 is 0 Å². The van der Waals surface area contributed by atoms with E-state index in [1.807, 2.05) is 12.1 Å². The normalized spacial score (nSPS) is 8.70. The zero-order chi connectivity index (χ0) is 6.69. The molecule has 0 aliphatic carbocycles. The second-order valence-corrected chi connectivity index (χ2v) is 2.93. The fourth-order valence-electron chi connectivity index (χ4n) is 0.651. The smallest absolute Gasteiger partial charge is 0.107 e. The summed E-state index contributed by atoms with van der Waals surface area (Å²) in [7, 11) is 0. The van der Waals surface area contributed by atoms with Crippen molar-refractivity contribution in [2.45, 2.75) is 5.02 Å². The van der Waals surface area contributed by atoms with Gasteiger partial charge in [-0.2, -0.15) is 0 Å². The van der Waals surface area contributed by atoms with Crippen LogP contribution in [0.15, 0.2) is 24.3 Å². The molecule has 0 aromatic heterocycles. The van der Waals surface area contributed by atoms with Crippen LogP contribution in [-0.2, 0) is 23.3 Å².